The van der Waals surface area contributed by atoms with Gasteiger partial charge in [0.2, 0.25) is 10.0 Å². The van der Waals surface area contributed by atoms with Gasteiger partial charge in [-0.3, -0.25) is 14.2 Å². The van der Waals surface area contributed by atoms with Crippen molar-refractivity contribution >= 4 is 60.4 Å². The molecule has 0 radical (unpaired) electrons. The molecular weight excluding hydrogens is 597 g/mol. The number of amides is 1. The van der Waals surface area contributed by atoms with E-state index in [4.69, 9.17) is 26.6 Å². The van der Waals surface area contributed by atoms with Crippen molar-refractivity contribution in [3.05, 3.63) is 71.3 Å². The third kappa shape index (κ3) is 6.20. The Morgan fingerprint density at radius 2 is 1.70 bits per heavy atom. The molecule has 5 rings (SSSR count). The number of morpholine rings is 1. The number of thioether (sulfide) groups is 1. The van der Waals surface area contributed by atoms with Crippen molar-refractivity contribution < 1.29 is 30.9 Å². The molecule has 11 nitrogen and oxygen atoms in total. The molecular formula is C25H24N4O7S4. The molecule has 15 heteroatoms. The molecule has 3 aromatic rings. The van der Waals surface area contributed by atoms with E-state index in [0.29, 0.717) is 30.0 Å². The molecule has 2 fully saturated rings. The number of para-hydroxylation sites is 1. The summed E-state index contributed by atoms with van der Waals surface area (Å²) in [6.45, 7) is 1.01. The standard InChI is InChI=1S/C25H24N4O7S4/c30-24-22(38-25(37)28(24)12-15-39(31,32)33)16-19-17-29(20-4-2-1-3-5-20)26-23(19)18-6-8-21(9-7-18)40(34,35)27-10-13-36-14-11-27/h1-9,16-17H,10-15H2,(H,31,32,33)/b22-16+. The number of aromatic nitrogens is 2. The Balaban J connectivity index is 1.50. The molecule has 3 heterocycles. The minimum absolute atomic E-state index is 0.155. The van der Waals surface area contributed by atoms with E-state index < -0.39 is 31.8 Å². The molecule has 40 heavy (non-hydrogen) atoms. The van der Waals surface area contributed by atoms with Gasteiger partial charge in [-0.05, 0) is 30.3 Å². The quantitative estimate of drug-likeness (QED) is 0.227. The number of sulfonamides is 1. The lowest BCUT2D eigenvalue weighted by Crippen LogP contribution is -2.40. The average molecular weight is 621 g/mol. The maximum Gasteiger partial charge on any atom is 0.266 e. The van der Waals surface area contributed by atoms with E-state index in [1.54, 1.807) is 29.1 Å². The van der Waals surface area contributed by atoms with Crippen LogP contribution in [0, 0.1) is 0 Å². The minimum Gasteiger partial charge on any atom is -0.379 e. The van der Waals surface area contributed by atoms with Gasteiger partial charge in [-0.2, -0.15) is 17.8 Å². The molecule has 0 unspecified atom stereocenters. The Morgan fingerprint density at radius 1 is 1.02 bits per heavy atom. The molecule has 0 saturated carbocycles. The highest BCUT2D eigenvalue weighted by Crippen LogP contribution is 2.35. The van der Waals surface area contributed by atoms with E-state index in [1.165, 1.54) is 16.4 Å². The summed E-state index contributed by atoms with van der Waals surface area (Å²) >= 11 is 6.29. The van der Waals surface area contributed by atoms with Crippen molar-refractivity contribution in [2.45, 2.75) is 4.90 Å². The first kappa shape index (κ1) is 28.6. The van der Waals surface area contributed by atoms with E-state index in [1.807, 2.05) is 30.3 Å². The van der Waals surface area contributed by atoms with Gasteiger partial charge in [0, 0.05) is 37.0 Å². The van der Waals surface area contributed by atoms with Crippen LogP contribution in [0.25, 0.3) is 23.0 Å². The number of hydrogen-bond acceptors (Lipinski definition) is 9. The van der Waals surface area contributed by atoms with Crippen molar-refractivity contribution in [1.82, 2.24) is 19.0 Å². The second-order valence-corrected chi connectivity index (χ2v) is 14.1. The van der Waals surface area contributed by atoms with Gasteiger partial charge in [-0.15, -0.1) is 0 Å². The number of ether oxygens (including phenoxy) is 1. The van der Waals surface area contributed by atoms with Crippen molar-refractivity contribution in [2.75, 3.05) is 38.6 Å². The molecule has 1 amide bonds. The number of carbonyl (C=O) groups excluding carboxylic acids is 1. The van der Waals surface area contributed by atoms with Gasteiger partial charge >= 0.3 is 0 Å². The number of nitrogens with zero attached hydrogens (tertiary/aromatic N) is 4. The Morgan fingerprint density at radius 3 is 2.35 bits per heavy atom. The summed E-state index contributed by atoms with van der Waals surface area (Å²) in [5.74, 6) is -1.12. The smallest absolute Gasteiger partial charge is 0.266 e. The monoisotopic (exact) mass is 620 g/mol. The average Bonchev–Trinajstić information content (AvgIpc) is 3.48. The van der Waals surface area contributed by atoms with Gasteiger partial charge in [0.15, 0.2) is 0 Å². The maximum atomic E-state index is 13.1. The fourth-order valence-electron chi connectivity index (χ4n) is 4.19. The van der Waals surface area contributed by atoms with Gasteiger partial charge in [0.05, 0.1) is 40.1 Å². The third-order valence-corrected chi connectivity index (χ3v) is 10.2. The van der Waals surface area contributed by atoms with Crippen LogP contribution in [0.5, 0.6) is 0 Å². The van der Waals surface area contributed by atoms with Gasteiger partial charge in [-0.1, -0.05) is 54.3 Å². The largest absolute Gasteiger partial charge is 0.379 e. The van der Waals surface area contributed by atoms with Crippen molar-refractivity contribution in [3.8, 4) is 16.9 Å². The molecule has 2 aliphatic heterocycles. The summed E-state index contributed by atoms with van der Waals surface area (Å²) in [7, 11) is -7.95. The van der Waals surface area contributed by atoms with Crippen molar-refractivity contribution in [3.63, 3.8) is 0 Å². The molecule has 0 aliphatic carbocycles. The first-order valence-electron chi connectivity index (χ1n) is 12.1. The number of benzene rings is 2. The zero-order chi connectivity index (χ0) is 28.5. The van der Waals surface area contributed by atoms with Crippen LogP contribution < -0.4 is 0 Å². The SMILES string of the molecule is O=C1/C(=C\c2cn(-c3ccccc3)nc2-c2ccc(S(=O)(=O)N3CCOCC3)cc2)SC(=S)N1CCS(=O)(=O)O. The van der Waals surface area contributed by atoms with E-state index in [2.05, 4.69) is 0 Å². The van der Waals surface area contributed by atoms with Crippen LogP contribution in [0.1, 0.15) is 5.56 Å². The Labute approximate surface area is 241 Å². The summed E-state index contributed by atoms with van der Waals surface area (Å²) in [5, 5.41) is 4.72. The number of thiocarbonyl (C=S) groups is 1. The molecule has 0 atom stereocenters. The molecule has 2 aromatic carbocycles. The van der Waals surface area contributed by atoms with E-state index >= 15 is 0 Å². The zero-order valence-corrected chi connectivity index (χ0v) is 24.2. The normalized spacial score (nSPS) is 18.1. The second kappa shape index (κ2) is 11.5. The summed E-state index contributed by atoms with van der Waals surface area (Å²) in [5.41, 5.74) is 2.48. The van der Waals surface area contributed by atoms with E-state index in [0.717, 1.165) is 22.3 Å². The first-order valence-corrected chi connectivity index (χ1v) is 16.3. The van der Waals surface area contributed by atoms with Crippen molar-refractivity contribution in [2.24, 2.45) is 0 Å². The van der Waals surface area contributed by atoms with Crippen LogP contribution in [-0.2, 0) is 29.7 Å². The highest BCUT2D eigenvalue weighted by molar-refractivity contribution is 8.26. The fraction of sp³-hybridized carbons (Fsp3) is 0.240. The lowest BCUT2D eigenvalue weighted by molar-refractivity contribution is -0.121. The molecule has 2 saturated heterocycles. The Hall–Kier alpha value is -2.92. The Bertz CT molecular complexity index is 1680. The number of carbonyl (C=O) groups is 1. The lowest BCUT2D eigenvalue weighted by Gasteiger charge is -2.26. The first-order chi connectivity index (χ1) is 19.0. The second-order valence-electron chi connectivity index (χ2n) is 8.87. The van der Waals surface area contributed by atoms with Crippen molar-refractivity contribution in [1.29, 1.82) is 0 Å². The van der Waals surface area contributed by atoms with Crippen LogP contribution in [0.2, 0.25) is 0 Å². The van der Waals surface area contributed by atoms with Crippen LogP contribution >= 0.6 is 24.0 Å². The molecule has 1 N–H and O–H groups in total. The van der Waals surface area contributed by atoms with Gasteiger partial charge in [0.25, 0.3) is 16.0 Å². The van der Waals surface area contributed by atoms with Gasteiger partial charge in [-0.25, -0.2) is 13.1 Å². The maximum absolute atomic E-state index is 13.1. The zero-order valence-electron chi connectivity index (χ0n) is 20.9. The molecule has 1 aromatic heterocycles. The molecule has 210 valence electrons. The summed E-state index contributed by atoms with van der Waals surface area (Å²) < 4.78 is 66.1. The van der Waals surface area contributed by atoms with Crippen LogP contribution in [0.4, 0.5) is 0 Å². The molecule has 0 bridgehead atoms. The number of rotatable bonds is 8. The molecule has 0 spiro atoms. The molecule has 2 aliphatic rings. The van der Waals surface area contributed by atoms with E-state index in [-0.39, 0.29) is 33.8 Å². The van der Waals surface area contributed by atoms with E-state index in [9.17, 15) is 21.6 Å². The summed E-state index contributed by atoms with van der Waals surface area (Å²) in [4.78, 5) is 14.6. The summed E-state index contributed by atoms with van der Waals surface area (Å²) in [6, 6.07) is 15.7. The lowest BCUT2D eigenvalue weighted by atomic mass is 10.1. The van der Waals surface area contributed by atoms with Gasteiger partial charge < -0.3 is 4.74 Å². The number of hydrogen-bond donors (Lipinski definition) is 1. The topological polar surface area (TPSA) is 139 Å². The predicted molar refractivity (Wildman–Crippen MR) is 155 cm³/mol. The highest BCUT2D eigenvalue weighted by atomic mass is 32.2. The minimum atomic E-state index is -4.27. The predicted octanol–water partition coefficient (Wildman–Crippen LogP) is 2.65. The third-order valence-electron chi connectivity index (χ3n) is 6.23. The fourth-order valence-corrected chi connectivity index (χ4v) is 7.31. The Kier molecular flexibility index (Phi) is 8.24. The highest BCUT2D eigenvalue weighted by Gasteiger charge is 2.33. The van der Waals surface area contributed by atoms with Crippen LogP contribution in [0.15, 0.2) is 70.6 Å². The van der Waals surface area contributed by atoms with Crippen LogP contribution in [-0.4, -0.2) is 89.2 Å². The van der Waals surface area contributed by atoms with Gasteiger partial charge in [0.1, 0.15) is 4.32 Å². The van der Waals surface area contributed by atoms with Crippen LogP contribution in [0.3, 0.4) is 0 Å². The summed E-state index contributed by atoms with van der Waals surface area (Å²) in [6.07, 6.45) is 3.36.